The third kappa shape index (κ3) is 3.14. The number of thiophene rings is 1. The Hall–Kier alpha value is -0.380. The maximum Gasteiger partial charge on any atom is 0.0834 e. The summed E-state index contributed by atoms with van der Waals surface area (Å²) >= 11 is 1.86. The van der Waals surface area contributed by atoms with E-state index in [1.165, 1.54) is 37.0 Å². The standard InChI is InChI=1S/C15H25NOS/c1-3-17-15(10-4-5-11-15)14(16-2)9-8-13-7-6-12-18-13/h6-7,12,14,16H,3-5,8-11H2,1-2H3. The van der Waals surface area contributed by atoms with Gasteiger partial charge in [-0.25, -0.2) is 0 Å². The maximum atomic E-state index is 6.15. The molecule has 1 aromatic rings. The monoisotopic (exact) mass is 267 g/mol. The fraction of sp³-hybridized carbons (Fsp3) is 0.733. The van der Waals surface area contributed by atoms with Crippen LogP contribution in [0.4, 0.5) is 0 Å². The van der Waals surface area contributed by atoms with Crippen LogP contribution in [0.5, 0.6) is 0 Å². The minimum absolute atomic E-state index is 0.0980. The van der Waals surface area contributed by atoms with Gasteiger partial charge < -0.3 is 10.1 Å². The van der Waals surface area contributed by atoms with Gasteiger partial charge in [0.1, 0.15) is 0 Å². The summed E-state index contributed by atoms with van der Waals surface area (Å²) in [5.41, 5.74) is 0.0980. The maximum absolute atomic E-state index is 6.15. The summed E-state index contributed by atoms with van der Waals surface area (Å²) in [6.07, 6.45) is 7.41. The summed E-state index contributed by atoms with van der Waals surface area (Å²) in [5, 5.41) is 5.68. The summed E-state index contributed by atoms with van der Waals surface area (Å²) in [5.74, 6) is 0. The highest BCUT2D eigenvalue weighted by atomic mass is 32.1. The first kappa shape index (κ1) is 14.0. The van der Waals surface area contributed by atoms with Crippen LogP contribution < -0.4 is 5.32 Å². The molecule has 0 saturated heterocycles. The van der Waals surface area contributed by atoms with Gasteiger partial charge in [-0.3, -0.25) is 0 Å². The Bertz CT molecular complexity index is 330. The topological polar surface area (TPSA) is 21.3 Å². The molecule has 0 aliphatic heterocycles. The summed E-state index contributed by atoms with van der Waals surface area (Å²) in [4.78, 5) is 1.49. The van der Waals surface area contributed by atoms with Gasteiger partial charge in [-0.15, -0.1) is 11.3 Å². The van der Waals surface area contributed by atoms with E-state index in [0.717, 1.165) is 13.0 Å². The summed E-state index contributed by atoms with van der Waals surface area (Å²) in [7, 11) is 2.08. The first-order valence-corrected chi connectivity index (χ1v) is 8.02. The normalized spacial score (nSPS) is 20.1. The van der Waals surface area contributed by atoms with Crippen molar-refractivity contribution in [2.45, 2.75) is 57.1 Å². The van der Waals surface area contributed by atoms with Crippen LogP contribution in [0.3, 0.4) is 0 Å². The SMILES string of the molecule is CCOC1(C(CCc2cccs2)NC)CCCC1. The third-order valence-electron chi connectivity index (χ3n) is 4.12. The van der Waals surface area contributed by atoms with E-state index in [0.29, 0.717) is 6.04 Å². The van der Waals surface area contributed by atoms with Crippen LogP contribution in [-0.4, -0.2) is 25.3 Å². The second-order valence-corrected chi connectivity index (χ2v) is 6.20. The van der Waals surface area contributed by atoms with Gasteiger partial charge in [0.05, 0.1) is 5.60 Å². The molecule has 1 N–H and O–H groups in total. The molecule has 0 amide bonds. The Morgan fingerprint density at radius 2 is 2.22 bits per heavy atom. The lowest BCUT2D eigenvalue weighted by molar-refractivity contribution is -0.0614. The van der Waals surface area contributed by atoms with Crippen molar-refractivity contribution < 1.29 is 4.74 Å². The third-order valence-corrected chi connectivity index (χ3v) is 5.06. The molecule has 1 unspecified atom stereocenters. The quantitative estimate of drug-likeness (QED) is 0.814. The van der Waals surface area contributed by atoms with Crippen molar-refractivity contribution in [1.29, 1.82) is 0 Å². The molecule has 18 heavy (non-hydrogen) atoms. The number of nitrogens with one attached hydrogen (secondary N) is 1. The van der Waals surface area contributed by atoms with E-state index >= 15 is 0 Å². The van der Waals surface area contributed by atoms with E-state index in [1.807, 2.05) is 11.3 Å². The summed E-state index contributed by atoms with van der Waals surface area (Å²) in [6.45, 7) is 2.95. The average Bonchev–Trinajstić information content (AvgIpc) is 3.02. The molecule has 1 aliphatic rings. The average molecular weight is 267 g/mol. The molecule has 1 aromatic heterocycles. The van der Waals surface area contributed by atoms with Crippen LogP contribution in [-0.2, 0) is 11.2 Å². The highest BCUT2D eigenvalue weighted by Crippen LogP contribution is 2.37. The minimum Gasteiger partial charge on any atom is -0.374 e. The number of aryl methyl sites for hydroxylation is 1. The Labute approximate surface area is 115 Å². The van der Waals surface area contributed by atoms with E-state index in [4.69, 9.17) is 4.74 Å². The Balaban J connectivity index is 1.97. The van der Waals surface area contributed by atoms with Gasteiger partial charge in [-0.2, -0.15) is 0 Å². The lowest BCUT2D eigenvalue weighted by Gasteiger charge is -2.37. The predicted octanol–water partition coefficient (Wildman–Crippen LogP) is 3.62. The molecule has 1 atom stereocenters. The lowest BCUT2D eigenvalue weighted by atomic mass is 9.88. The summed E-state index contributed by atoms with van der Waals surface area (Å²) < 4.78 is 6.15. The van der Waals surface area contributed by atoms with Crippen LogP contribution in [0.2, 0.25) is 0 Å². The van der Waals surface area contributed by atoms with E-state index in [1.54, 1.807) is 0 Å². The van der Waals surface area contributed by atoms with Gasteiger partial charge in [0.2, 0.25) is 0 Å². The zero-order valence-corrected chi connectivity index (χ0v) is 12.4. The molecule has 1 heterocycles. The molecule has 0 aromatic carbocycles. The molecule has 1 fully saturated rings. The van der Waals surface area contributed by atoms with E-state index < -0.39 is 0 Å². The Morgan fingerprint density at radius 1 is 1.44 bits per heavy atom. The Morgan fingerprint density at radius 3 is 2.78 bits per heavy atom. The van der Waals surface area contributed by atoms with Gasteiger partial charge in [0, 0.05) is 17.5 Å². The van der Waals surface area contributed by atoms with Gasteiger partial charge in [-0.05, 0) is 51.1 Å². The second-order valence-electron chi connectivity index (χ2n) is 5.16. The van der Waals surface area contributed by atoms with Crippen molar-refractivity contribution in [3.63, 3.8) is 0 Å². The van der Waals surface area contributed by atoms with Crippen LogP contribution in [0.1, 0.15) is 43.9 Å². The van der Waals surface area contributed by atoms with Crippen molar-refractivity contribution in [2.75, 3.05) is 13.7 Å². The van der Waals surface area contributed by atoms with Crippen molar-refractivity contribution in [2.24, 2.45) is 0 Å². The molecule has 0 radical (unpaired) electrons. The molecule has 2 nitrogen and oxygen atoms in total. The molecular weight excluding hydrogens is 242 g/mol. The van der Waals surface area contributed by atoms with Crippen molar-refractivity contribution >= 4 is 11.3 Å². The van der Waals surface area contributed by atoms with Crippen LogP contribution in [0.25, 0.3) is 0 Å². The van der Waals surface area contributed by atoms with Crippen LogP contribution in [0, 0.1) is 0 Å². The number of ether oxygens (including phenoxy) is 1. The lowest BCUT2D eigenvalue weighted by Crippen LogP contribution is -2.50. The smallest absolute Gasteiger partial charge is 0.0834 e. The van der Waals surface area contributed by atoms with Gasteiger partial charge >= 0.3 is 0 Å². The number of likely N-dealkylation sites (N-methyl/N-ethyl adjacent to an activating group) is 1. The fourth-order valence-corrected chi connectivity index (χ4v) is 3.99. The Kier molecular flexibility index (Phi) is 5.22. The molecule has 1 saturated carbocycles. The van der Waals surface area contributed by atoms with E-state index in [2.05, 4.69) is 36.8 Å². The van der Waals surface area contributed by atoms with E-state index in [-0.39, 0.29) is 5.60 Å². The molecule has 2 rings (SSSR count). The first-order chi connectivity index (χ1) is 8.80. The number of hydrogen-bond acceptors (Lipinski definition) is 3. The molecule has 0 bridgehead atoms. The molecular formula is C15H25NOS. The fourth-order valence-electron chi connectivity index (χ4n) is 3.27. The zero-order valence-electron chi connectivity index (χ0n) is 11.6. The van der Waals surface area contributed by atoms with Gasteiger partial charge in [0.25, 0.3) is 0 Å². The number of rotatable bonds is 7. The van der Waals surface area contributed by atoms with Crippen LogP contribution in [0.15, 0.2) is 17.5 Å². The van der Waals surface area contributed by atoms with E-state index in [9.17, 15) is 0 Å². The van der Waals surface area contributed by atoms with Gasteiger partial charge in [-0.1, -0.05) is 18.9 Å². The molecule has 1 aliphatic carbocycles. The highest BCUT2D eigenvalue weighted by molar-refractivity contribution is 7.09. The minimum atomic E-state index is 0.0980. The molecule has 0 spiro atoms. The van der Waals surface area contributed by atoms with Crippen molar-refractivity contribution in [3.05, 3.63) is 22.4 Å². The largest absolute Gasteiger partial charge is 0.374 e. The summed E-state index contributed by atoms with van der Waals surface area (Å²) in [6, 6.07) is 4.86. The van der Waals surface area contributed by atoms with Crippen LogP contribution >= 0.6 is 11.3 Å². The van der Waals surface area contributed by atoms with Crippen molar-refractivity contribution in [3.8, 4) is 0 Å². The van der Waals surface area contributed by atoms with Crippen molar-refractivity contribution in [1.82, 2.24) is 5.32 Å². The van der Waals surface area contributed by atoms with Gasteiger partial charge in [0.15, 0.2) is 0 Å². The number of hydrogen-bond donors (Lipinski definition) is 1. The zero-order chi connectivity index (χ0) is 12.8. The predicted molar refractivity (Wildman–Crippen MR) is 78.3 cm³/mol. The first-order valence-electron chi connectivity index (χ1n) is 7.14. The molecule has 3 heteroatoms. The second kappa shape index (κ2) is 6.69. The molecule has 102 valence electrons. The highest BCUT2D eigenvalue weighted by Gasteiger charge is 2.41.